The van der Waals surface area contributed by atoms with Crippen molar-refractivity contribution in [1.82, 2.24) is 9.80 Å². The molecule has 0 saturated carbocycles. The van der Waals surface area contributed by atoms with Crippen LogP contribution in [0.25, 0.3) is 43.1 Å². The Morgan fingerprint density at radius 2 is 1.00 bits per heavy atom. The van der Waals surface area contributed by atoms with E-state index in [1.165, 1.54) is 9.80 Å². The van der Waals surface area contributed by atoms with E-state index in [1.54, 1.807) is 0 Å². The van der Waals surface area contributed by atoms with E-state index in [0.717, 1.165) is 45.2 Å². The number of hydrogen-bond donors (Lipinski definition) is 0. The normalized spacial score (nSPS) is 15.8. The standard InChI is InChI=1S/C36H34N2O5/c1-5-6-17-43-18-7-16-37-33(39)25-12-8-21-23-10-14-27-32-28(36(42)38(35(27)41)20(4)19(2)3)15-11-24(30(23)32)22-9-13-26(34(37)40)31(25)29(21)22/h8-15,19-20H,5-7,16-18H2,1-4H3. The van der Waals surface area contributed by atoms with Crippen LogP contribution in [-0.2, 0) is 4.74 Å². The van der Waals surface area contributed by atoms with Crippen LogP contribution in [0.2, 0.25) is 0 Å². The summed E-state index contributed by atoms with van der Waals surface area (Å²) >= 11 is 0. The Labute approximate surface area is 249 Å². The van der Waals surface area contributed by atoms with Crippen LogP contribution in [0.1, 0.15) is 88.4 Å². The number of fused-ring (bicyclic) bond motifs is 2. The number of carbonyl (C=O) groups excluding carboxylic acids is 4. The van der Waals surface area contributed by atoms with Crippen LogP contribution in [0.5, 0.6) is 0 Å². The number of benzene rings is 5. The van der Waals surface area contributed by atoms with E-state index in [2.05, 4.69) is 6.92 Å². The lowest BCUT2D eigenvalue weighted by molar-refractivity contribution is 0.0510. The zero-order valence-corrected chi connectivity index (χ0v) is 25.0. The lowest BCUT2D eigenvalue weighted by Crippen LogP contribution is -2.47. The Kier molecular flexibility index (Phi) is 6.47. The molecule has 7 nitrogen and oxygen atoms in total. The molecule has 7 rings (SSSR count). The van der Waals surface area contributed by atoms with Gasteiger partial charge in [0.2, 0.25) is 0 Å². The Bertz CT molecular complexity index is 1890. The number of imide groups is 2. The fourth-order valence-corrected chi connectivity index (χ4v) is 6.88. The van der Waals surface area contributed by atoms with Crippen molar-refractivity contribution in [3.05, 3.63) is 70.8 Å². The number of ether oxygens (including phenoxy) is 1. The van der Waals surface area contributed by atoms with E-state index in [1.807, 2.05) is 69.3 Å². The molecule has 0 bridgehead atoms. The quantitative estimate of drug-likeness (QED) is 0.0806. The van der Waals surface area contributed by atoms with Crippen molar-refractivity contribution in [1.29, 1.82) is 0 Å². The smallest absolute Gasteiger partial charge is 0.261 e. The summed E-state index contributed by atoms with van der Waals surface area (Å²) in [6, 6.07) is 14.8. The molecule has 43 heavy (non-hydrogen) atoms. The highest BCUT2D eigenvalue weighted by atomic mass is 16.5. The average molecular weight is 575 g/mol. The van der Waals surface area contributed by atoms with Crippen molar-refractivity contribution in [3.8, 4) is 0 Å². The summed E-state index contributed by atoms with van der Waals surface area (Å²) in [5.41, 5.74) is 2.08. The van der Waals surface area contributed by atoms with E-state index in [4.69, 9.17) is 4.74 Å². The third-order valence-corrected chi connectivity index (χ3v) is 9.44. The first-order valence-corrected chi connectivity index (χ1v) is 15.3. The summed E-state index contributed by atoms with van der Waals surface area (Å²) in [6.07, 6.45) is 2.63. The molecule has 0 spiro atoms. The van der Waals surface area contributed by atoms with Crippen LogP contribution in [0.4, 0.5) is 0 Å². The van der Waals surface area contributed by atoms with Crippen LogP contribution in [0, 0.1) is 5.92 Å². The van der Waals surface area contributed by atoms with Crippen molar-refractivity contribution in [3.63, 3.8) is 0 Å². The monoisotopic (exact) mass is 574 g/mol. The highest BCUT2D eigenvalue weighted by Gasteiger charge is 2.38. The van der Waals surface area contributed by atoms with Gasteiger partial charge in [0, 0.05) is 58.8 Å². The van der Waals surface area contributed by atoms with Crippen molar-refractivity contribution >= 4 is 66.7 Å². The largest absolute Gasteiger partial charge is 0.381 e. The maximum atomic E-state index is 13.7. The molecule has 0 fully saturated rings. The molecule has 2 aliphatic heterocycles. The molecule has 4 amide bonds. The van der Waals surface area contributed by atoms with Gasteiger partial charge in [0.1, 0.15) is 0 Å². The molecule has 0 aromatic heterocycles. The van der Waals surface area contributed by atoms with Gasteiger partial charge in [-0.15, -0.1) is 0 Å². The number of rotatable bonds is 9. The van der Waals surface area contributed by atoms with Gasteiger partial charge < -0.3 is 4.74 Å². The number of nitrogens with zero attached hydrogens (tertiary/aromatic N) is 2. The Morgan fingerprint density at radius 1 is 0.581 bits per heavy atom. The van der Waals surface area contributed by atoms with Gasteiger partial charge in [-0.05, 0) is 82.3 Å². The van der Waals surface area contributed by atoms with Gasteiger partial charge in [-0.2, -0.15) is 0 Å². The minimum Gasteiger partial charge on any atom is -0.381 e. The third kappa shape index (κ3) is 3.84. The van der Waals surface area contributed by atoms with E-state index < -0.39 is 0 Å². The van der Waals surface area contributed by atoms with Crippen LogP contribution < -0.4 is 0 Å². The van der Waals surface area contributed by atoms with E-state index in [-0.39, 0.29) is 35.6 Å². The fraction of sp³-hybridized carbons (Fsp3) is 0.333. The van der Waals surface area contributed by atoms with Crippen molar-refractivity contribution in [2.24, 2.45) is 5.92 Å². The second-order valence-corrected chi connectivity index (χ2v) is 12.2. The molecule has 0 radical (unpaired) electrons. The molecular formula is C36H34N2O5. The van der Waals surface area contributed by atoms with Gasteiger partial charge in [-0.1, -0.05) is 51.5 Å². The second kappa shape index (κ2) is 10.1. The predicted molar refractivity (Wildman–Crippen MR) is 168 cm³/mol. The molecule has 0 N–H and O–H groups in total. The van der Waals surface area contributed by atoms with E-state index >= 15 is 0 Å². The van der Waals surface area contributed by atoms with Gasteiger partial charge in [-0.25, -0.2) is 0 Å². The summed E-state index contributed by atoms with van der Waals surface area (Å²) in [6.45, 7) is 9.52. The van der Waals surface area contributed by atoms with Crippen LogP contribution >= 0.6 is 0 Å². The maximum Gasteiger partial charge on any atom is 0.261 e. The zero-order valence-electron chi connectivity index (χ0n) is 25.0. The zero-order chi connectivity index (χ0) is 30.2. The molecule has 1 unspecified atom stereocenters. The molecular weight excluding hydrogens is 540 g/mol. The molecule has 5 aromatic carbocycles. The van der Waals surface area contributed by atoms with Crippen LogP contribution in [0.15, 0.2) is 48.5 Å². The Balaban J connectivity index is 1.39. The number of carbonyl (C=O) groups is 4. The molecule has 218 valence electrons. The average Bonchev–Trinajstić information content (AvgIpc) is 3.00. The summed E-state index contributed by atoms with van der Waals surface area (Å²) in [7, 11) is 0. The number of amides is 4. The third-order valence-electron chi connectivity index (χ3n) is 9.44. The first-order valence-electron chi connectivity index (χ1n) is 15.3. The van der Waals surface area contributed by atoms with Crippen molar-refractivity contribution < 1.29 is 23.9 Å². The van der Waals surface area contributed by atoms with Crippen LogP contribution in [0.3, 0.4) is 0 Å². The van der Waals surface area contributed by atoms with Crippen molar-refractivity contribution in [2.75, 3.05) is 19.8 Å². The van der Waals surface area contributed by atoms with Crippen LogP contribution in [-0.4, -0.2) is 59.2 Å². The molecule has 5 aromatic rings. The molecule has 1 atom stereocenters. The van der Waals surface area contributed by atoms with Gasteiger partial charge in [0.05, 0.1) is 0 Å². The summed E-state index contributed by atoms with van der Waals surface area (Å²) < 4.78 is 5.65. The molecule has 2 aliphatic rings. The molecule has 0 aliphatic carbocycles. The maximum absolute atomic E-state index is 13.7. The SMILES string of the molecule is CCCCOCCCN1C(=O)c2ccc3c4ccc5c6c(ccc(c7ccc(c2c37)C1=O)c64)C(=O)N(C(C)C(C)C)C5=O. The lowest BCUT2D eigenvalue weighted by Gasteiger charge is -2.34. The summed E-state index contributed by atoms with van der Waals surface area (Å²) in [4.78, 5) is 57.5. The summed E-state index contributed by atoms with van der Waals surface area (Å²) in [5.74, 6) is -1.01. The molecule has 2 heterocycles. The van der Waals surface area contributed by atoms with Gasteiger partial charge in [0.15, 0.2) is 0 Å². The minimum absolute atomic E-state index is 0.120. The first-order chi connectivity index (χ1) is 20.8. The predicted octanol–water partition coefficient (Wildman–Crippen LogP) is 7.18. The van der Waals surface area contributed by atoms with Gasteiger partial charge >= 0.3 is 0 Å². The summed E-state index contributed by atoms with van der Waals surface area (Å²) in [5, 5.41) is 6.64. The molecule has 7 heteroatoms. The van der Waals surface area contributed by atoms with Gasteiger partial charge in [0.25, 0.3) is 23.6 Å². The Morgan fingerprint density at radius 3 is 1.42 bits per heavy atom. The lowest BCUT2D eigenvalue weighted by atomic mass is 9.82. The van der Waals surface area contributed by atoms with Crippen molar-refractivity contribution in [2.45, 2.75) is 53.0 Å². The fourth-order valence-electron chi connectivity index (χ4n) is 6.88. The number of hydrogen-bond acceptors (Lipinski definition) is 5. The van der Waals surface area contributed by atoms with E-state index in [9.17, 15) is 19.2 Å². The first kappa shape index (κ1) is 27.5. The van der Waals surface area contributed by atoms with E-state index in [0.29, 0.717) is 59.2 Å². The highest BCUT2D eigenvalue weighted by Crippen LogP contribution is 2.46. The van der Waals surface area contributed by atoms with Gasteiger partial charge in [-0.3, -0.25) is 29.0 Å². The highest BCUT2D eigenvalue weighted by molar-refractivity contribution is 6.41. The number of unbranched alkanes of at least 4 members (excludes halogenated alkanes) is 1. The Hall–Kier alpha value is -4.36. The molecule has 0 saturated heterocycles. The minimum atomic E-state index is -0.290. The second-order valence-electron chi connectivity index (χ2n) is 12.2. The topological polar surface area (TPSA) is 84.0 Å².